The molecule has 76 valence electrons. The van der Waals surface area contributed by atoms with Crippen molar-refractivity contribution in [2.24, 2.45) is 0 Å². The quantitative estimate of drug-likeness (QED) is 0.574. The summed E-state index contributed by atoms with van der Waals surface area (Å²) in [4.78, 5) is 0. The Bertz CT molecular complexity index is 387. The van der Waals surface area contributed by atoms with Gasteiger partial charge in [-0.15, -0.1) is 0 Å². The second-order valence-electron chi connectivity index (χ2n) is 3.21. The second-order valence-corrected chi connectivity index (χ2v) is 3.21. The fourth-order valence-electron chi connectivity index (χ4n) is 1.24. The fourth-order valence-corrected chi connectivity index (χ4v) is 1.24. The van der Waals surface area contributed by atoms with Crippen LogP contribution in [0, 0.1) is 0 Å². The predicted octanol–water partition coefficient (Wildman–Crippen LogP) is -0.784. The van der Waals surface area contributed by atoms with E-state index in [0.717, 1.165) is 0 Å². The van der Waals surface area contributed by atoms with Gasteiger partial charge in [-0.2, -0.15) is 0 Å². The third-order valence-corrected chi connectivity index (χ3v) is 1.69. The topological polar surface area (TPSA) is 68.2 Å². The Morgan fingerprint density at radius 3 is 2.69 bits per heavy atom. The number of hydrogen-bond acceptors (Lipinski definition) is 5. The summed E-state index contributed by atoms with van der Waals surface area (Å²) in [5.74, 6) is -1.49. The van der Waals surface area contributed by atoms with Gasteiger partial charge in [0.05, 0.1) is 13.4 Å². The molecule has 2 rings (SSSR count). The van der Waals surface area contributed by atoms with Crippen LogP contribution in [0.1, 0.15) is 20.7 Å². The summed E-state index contributed by atoms with van der Waals surface area (Å²) in [5, 5.41) is 19.0. The lowest BCUT2D eigenvalue weighted by Gasteiger charge is -2.21. The summed E-state index contributed by atoms with van der Waals surface area (Å²) in [7, 11) is 0. The van der Waals surface area contributed by atoms with Crippen molar-refractivity contribution in [2.75, 3.05) is 6.56 Å². The number of aliphatic hydroxyl groups is 2. The van der Waals surface area contributed by atoms with Gasteiger partial charge in [0, 0.05) is 0 Å². The molecule has 0 aliphatic carbocycles. The maximum Gasteiger partial charge on any atom is 0.184 e. The van der Waals surface area contributed by atoms with Crippen LogP contribution < -0.4 is 0 Å². The first-order chi connectivity index (χ1) is 7.79. The molecule has 0 aromatic carbocycles. The van der Waals surface area contributed by atoms with Crippen LogP contribution in [0.5, 0.6) is 0 Å². The second kappa shape index (κ2) is 2.90. The van der Waals surface area contributed by atoms with Gasteiger partial charge < -0.3 is 24.4 Å². The Kier molecular flexibility index (Phi) is 1.12. The standard InChI is InChI=1S/C8H14O5/c1-8(2)12-5-4(3-9)11-7(10)6(5)13-8/h4-7,9-10H,3H2,1-2H3/t4-,5-,6-,7?/m1/s1/i3D2,4D,5D,6D. The lowest BCUT2D eigenvalue weighted by molar-refractivity contribution is -0.223. The molecular formula is C8H14O5. The summed E-state index contributed by atoms with van der Waals surface area (Å²) >= 11 is 0. The van der Waals surface area contributed by atoms with Crippen molar-refractivity contribution in [1.82, 2.24) is 0 Å². The van der Waals surface area contributed by atoms with Crippen molar-refractivity contribution in [3.05, 3.63) is 0 Å². The Morgan fingerprint density at radius 1 is 1.46 bits per heavy atom. The molecule has 2 saturated heterocycles. The molecule has 1 unspecified atom stereocenters. The van der Waals surface area contributed by atoms with Crippen LogP contribution >= 0.6 is 0 Å². The molecular weight excluding hydrogens is 176 g/mol. The van der Waals surface area contributed by atoms with E-state index >= 15 is 0 Å². The van der Waals surface area contributed by atoms with E-state index in [1.54, 1.807) is 0 Å². The Hall–Kier alpha value is -0.200. The van der Waals surface area contributed by atoms with Crippen molar-refractivity contribution < 1.29 is 31.3 Å². The minimum absolute atomic E-state index is 1.35. The van der Waals surface area contributed by atoms with Gasteiger partial charge in [0.2, 0.25) is 0 Å². The molecule has 2 fully saturated rings. The number of rotatable bonds is 1. The van der Waals surface area contributed by atoms with Crippen molar-refractivity contribution in [1.29, 1.82) is 0 Å². The minimum Gasteiger partial charge on any atom is -0.394 e. The average Bonchev–Trinajstić information content (AvgIpc) is 2.38. The Morgan fingerprint density at radius 2 is 2.08 bits per heavy atom. The van der Waals surface area contributed by atoms with Gasteiger partial charge in [0.15, 0.2) is 12.1 Å². The van der Waals surface area contributed by atoms with Crippen molar-refractivity contribution in [2.45, 2.75) is 44.2 Å². The minimum atomic E-state index is -3.33. The monoisotopic (exact) mass is 195 g/mol. The van der Waals surface area contributed by atoms with Gasteiger partial charge in [-0.3, -0.25) is 0 Å². The van der Waals surface area contributed by atoms with Crippen molar-refractivity contribution in [3.8, 4) is 0 Å². The smallest absolute Gasteiger partial charge is 0.184 e. The summed E-state index contributed by atoms with van der Waals surface area (Å²) in [6, 6.07) is 0. The number of hydrogen-bond donors (Lipinski definition) is 2. The van der Waals surface area contributed by atoms with Crippen LogP contribution in [0.4, 0.5) is 0 Å². The molecule has 2 heterocycles. The molecule has 0 aromatic heterocycles. The molecule has 4 atom stereocenters. The van der Waals surface area contributed by atoms with E-state index in [1.807, 2.05) is 0 Å². The molecule has 0 bridgehead atoms. The average molecular weight is 195 g/mol. The molecule has 0 spiro atoms. The van der Waals surface area contributed by atoms with Crippen LogP contribution in [0.15, 0.2) is 0 Å². The molecule has 13 heavy (non-hydrogen) atoms. The van der Waals surface area contributed by atoms with Crippen molar-refractivity contribution >= 4 is 0 Å². The van der Waals surface area contributed by atoms with E-state index in [0.29, 0.717) is 0 Å². The third-order valence-electron chi connectivity index (χ3n) is 1.69. The zero-order valence-corrected chi connectivity index (χ0v) is 7.20. The normalized spacial score (nSPS) is 71.7. The third kappa shape index (κ3) is 1.47. The summed E-state index contributed by atoms with van der Waals surface area (Å²) in [5.41, 5.74) is 0. The summed E-state index contributed by atoms with van der Waals surface area (Å²) < 4.78 is 52.6. The molecule has 2 aliphatic rings. The lowest BCUT2D eigenvalue weighted by atomic mass is 10.1. The van der Waals surface area contributed by atoms with E-state index in [-0.39, 0.29) is 0 Å². The highest BCUT2D eigenvalue weighted by atomic mass is 16.8. The van der Waals surface area contributed by atoms with Crippen LogP contribution in [0.2, 0.25) is 0 Å². The largest absolute Gasteiger partial charge is 0.394 e. The molecule has 2 N–H and O–H groups in total. The van der Waals surface area contributed by atoms with E-state index < -0.39 is 36.9 Å². The Labute approximate surface area is 83.2 Å². The van der Waals surface area contributed by atoms with Gasteiger partial charge in [-0.1, -0.05) is 0 Å². The summed E-state index contributed by atoms with van der Waals surface area (Å²) in [6.07, 6.45) is -10.4. The van der Waals surface area contributed by atoms with Gasteiger partial charge in [0.25, 0.3) is 0 Å². The molecule has 5 nitrogen and oxygen atoms in total. The lowest BCUT2D eigenvalue weighted by Crippen LogP contribution is -2.31. The van der Waals surface area contributed by atoms with E-state index in [1.165, 1.54) is 13.8 Å². The predicted molar refractivity (Wildman–Crippen MR) is 41.8 cm³/mol. The zero-order chi connectivity index (χ0) is 14.2. The molecule has 0 saturated carbocycles. The fraction of sp³-hybridized carbons (Fsp3) is 1.00. The number of ether oxygens (including phenoxy) is 3. The molecule has 5 heteroatoms. The highest BCUT2D eigenvalue weighted by Gasteiger charge is 2.54. The van der Waals surface area contributed by atoms with E-state index in [9.17, 15) is 10.2 Å². The zero-order valence-electron chi connectivity index (χ0n) is 12.2. The van der Waals surface area contributed by atoms with E-state index in [4.69, 9.17) is 16.3 Å². The highest BCUT2D eigenvalue weighted by molar-refractivity contribution is 4.94. The molecule has 0 amide bonds. The first-order valence-electron chi connectivity index (χ1n) is 6.28. The van der Waals surface area contributed by atoms with Gasteiger partial charge >= 0.3 is 0 Å². The maximum atomic E-state index is 9.62. The van der Waals surface area contributed by atoms with Crippen LogP contribution in [-0.4, -0.2) is 47.1 Å². The SMILES string of the molecule is [2H]C([2H])(O)[C@@]1([2H])OC(O)[C@]2([2H])OC(C)(C)O[C@@]21[2H]. The highest BCUT2D eigenvalue weighted by Crippen LogP contribution is 2.37. The van der Waals surface area contributed by atoms with Crippen molar-refractivity contribution in [3.63, 3.8) is 0 Å². The Balaban J connectivity index is 2.58. The molecule has 0 radical (unpaired) electrons. The first kappa shape index (κ1) is 5.04. The van der Waals surface area contributed by atoms with Gasteiger partial charge in [-0.05, 0) is 13.8 Å². The van der Waals surface area contributed by atoms with Gasteiger partial charge in [-0.25, -0.2) is 0 Å². The number of aliphatic hydroxyl groups excluding tert-OH is 1. The van der Waals surface area contributed by atoms with Crippen LogP contribution in [0.25, 0.3) is 0 Å². The number of fused-ring (bicyclic) bond motifs is 1. The van der Waals surface area contributed by atoms with Gasteiger partial charge in [0.1, 0.15) is 18.2 Å². The summed E-state index contributed by atoms with van der Waals surface area (Å²) in [6.45, 7) is -0.641. The van der Waals surface area contributed by atoms with Crippen LogP contribution in [0.3, 0.4) is 0 Å². The van der Waals surface area contributed by atoms with E-state index in [2.05, 4.69) is 4.74 Å². The molecule has 2 aliphatic heterocycles. The molecule has 0 aromatic rings. The first-order valence-corrected chi connectivity index (χ1v) is 3.78. The maximum absolute atomic E-state index is 9.62. The van der Waals surface area contributed by atoms with Crippen LogP contribution in [-0.2, 0) is 14.2 Å².